The Labute approximate surface area is 274 Å². The molecule has 2 saturated heterocycles. The zero-order valence-corrected chi connectivity index (χ0v) is 31.2. The molecular weight excluding hydrogens is 575 g/mol. The van der Waals surface area contributed by atoms with Crippen LogP contribution in [0.1, 0.15) is 131 Å². The Morgan fingerprint density at radius 2 is 1.53 bits per heavy atom. The normalized spacial score (nSPS) is 30.7. The minimum Gasteiger partial charge on any atom is -0.410 e. The van der Waals surface area contributed by atoms with Gasteiger partial charge in [0, 0.05) is 24.7 Å². The summed E-state index contributed by atoms with van der Waals surface area (Å²) in [6.07, 6.45) is 7.83. The molecule has 4 fully saturated rings. The number of benzene rings is 1. The zero-order valence-electron chi connectivity index (χ0n) is 30.2. The molecule has 3 heterocycles. The van der Waals surface area contributed by atoms with Gasteiger partial charge in [-0.15, -0.1) is 0 Å². The van der Waals surface area contributed by atoms with E-state index in [9.17, 15) is 5.21 Å². The Morgan fingerprint density at radius 1 is 0.933 bits per heavy atom. The Hall–Kier alpha value is -1.44. The number of fused-ring (bicyclic) bond motifs is 3. The van der Waals surface area contributed by atoms with E-state index in [2.05, 4.69) is 99.7 Å². The van der Waals surface area contributed by atoms with Crippen LogP contribution in [0.25, 0.3) is 0 Å². The van der Waals surface area contributed by atoms with Crippen LogP contribution < -0.4 is 0 Å². The highest BCUT2D eigenvalue weighted by Crippen LogP contribution is 2.65. The van der Waals surface area contributed by atoms with Crippen LogP contribution in [0, 0.1) is 11.3 Å². The molecule has 1 aromatic carbocycles. The Bertz CT molecular complexity index is 1350. The van der Waals surface area contributed by atoms with Crippen molar-refractivity contribution in [3.63, 3.8) is 0 Å². The van der Waals surface area contributed by atoms with Crippen molar-refractivity contribution in [1.82, 2.24) is 5.06 Å². The zero-order chi connectivity index (χ0) is 32.8. The summed E-state index contributed by atoms with van der Waals surface area (Å²) in [6.45, 7) is 27.1. The van der Waals surface area contributed by atoms with Gasteiger partial charge in [0.1, 0.15) is 6.10 Å². The number of hydrogen-bond acceptors (Lipinski definition) is 5. The second kappa shape index (κ2) is 11.0. The lowest BCUT2D eigenvalue weighted by Crippen LogP contribution is -2.61. The summed E-state index contributed by atoms with van der Waals surface area (Å²) in [5.74, 6) is 0.230. The molecular formula is C39H61NO4Si. The summed E-state index contributed by atoms with van der Waals surface area (Å²) >= 11 is 0. The maximum Gasteiger partial charge on any atom is 0.192 e. The van der Waals surface area contributed by atoms with Gasteiger partial charge in [-0.1, -0.05) is 92.5 Å². The molecule has 1 aromatic rings. The van der Waals surface area contributed by atoms with Gasteiger partial charge < -0.3 is 13.9 Å². The summed E-state index contributed by atoms with van der Waals surface area (Å²) in [5.41, 5.74) is 6.76. The maximum atomic E-state index is 12.8. The van der Waals surface area contributed by atoms with Crippen LogP contribution in [-0.4, -0.2) is 49.0 Å². The summed E-state index contributed by atoms with van der Waals surface area (Å²) in [6, 6.07) is 9.16. The molecule has 6 heteroatoms. The first-order chi connectivity index (χ1) is 20.8. The minimum absolute atomic E-state index is 0.00952. The highest BCUT2D eigenvalue weighted by atomic mass is 28.4. The summed E-state index contributed by atoms with van der Waals surface area (Å²) < 4.78 is 20.9. The van der Waals surface area contributed by atoms with Crippen LogP contribution in [0.2, 0.25) is 18.1 Å². The average Bonchev–Trinajstić information content (AvgIpc) is 3.52. The predicted octanol–water partition coefficient (Wildman–Crippen LogP) is 10.0. The van der Waals surface area contributed by atoms with Crippen molar-refractivity contribution in [3.05, 3.63) is 57.8 Å². The molecule has 45 heavy (non-hydrogen) atoms. The molecule has 0 aromatic heterocycles. The van der Waals surface area contributed by atoms with Gasteiger partial charge in [0.25, 0.3) is 0 Å². The third-order valence-corrected chi connectivity index (χ3v) is 16.9. The quantitative estimate of drug-likeness (QED) is 0.334. The Kier molecular flexibility index (Phi) is 8.22. The molecule has 2 saturated carbocycles. The SMILES string of the molecule is CC1(C)C[C@H](O[Si](C)(C)C(C)(C)C)C2=C3C(=C(C4CCOCC4)N(O)C2(C)C1)[C@@H](c1ccc(C(C)(C)C)cc1)OC31CCCC1. The number of hydroxylamine groups is 2. The van der Waals surface area contributed by atoms with Crippen LogP contribution >= 0.6 is 0 Å². The third-order valence-electron chi connectivity index (χ3n) is 12.4. The molecule has 0 amide bonds. The van der Waals surface area contributed by atoms with E-state index in [0.29, 0.717) is 0 Å². The van der Waals surface area contributed by atoms with E-state index in [4.69, 9.17) is 13.9 Å². The molecule has 0 radical (unpaired) electrons. The van der Waals surface area contributed by atoms with Gasteiger partial charge in [0.15, 0.2) is 8.32 Å². The van der Waals surface area contributed by atoms with Crippen molar-refractivity contribution in [1.29, 1.82) is 0 Å². The van der Waals surface area contributed by atoms with Crippen LogP contribution in [0.4, 0.5) is 0 Å². The largest absolute Gasteiger partial charge is 0.410 e. The monoisotopic (exact) mass is 635 g/mol. The predicted molar refractivity (Wildman–Crippen MR) is 185 cm³/mol. The number of allylic oxidation sites excluding steroid dienone is 1. The molecule has 1 unspecified atom stereocenters. The summed E-state index contributed by atoms with van der Waals surface area (Å²) in [5, 5.41) is 14.6. The summed E-state index contributed by atoms with van der Waals surface area (Å²) in [4.78, 5) is 0. The second-order valence-electron chi connectivity index (χ2n) is 18.5. The van der Waals surface area contributed by atoms with Crippen LogP contribution in [0.15, 0.2) is 46.7 Å². The minimum atomic E-state index is -2.14. The molecule has 5 nitrogen and oxygen atoms in total. The van der Waals surface area contributed by atoms with Crippen molar-refractivity contribution < 1.29 is 19.1 Å². The van der Waals surface area contributed by atoms with Gasteiger partial charge in [-0.05, 0) is 96.7 Å². The fourth-order valence-corrected chi connectivity index (χ4v) is 10.4. The molecule has 6 rings (SSSR count). The molecule has 0 bridgehead atoms. The number of hydrogen-bond donors (Lipinski definition) is 1. The highest BCUT2D eigenvalue weighted by Gasteiger charge is 2.62. The number of ether oxygens (including phenoxy) is 2. The van der Waals surface area contributed by atoms with Gasteiger partial charge in [0.2, 0.25) is 0 Å². The molecule has 3 atom stereocenters. The van der Waals surface area contributed by atoms with Gasteiger partial charge in [-0.2, -0.15) is 0 Å². The van der Waals surface area contributed by atoms with Crippen molar-refractivity contribution in [3.8, 4) is 0 Å². The lowest BCUT2D eigenvalue weighted by atomic mass is 9.59. The fourth-order valence-electron chi connectivity index (χ4n) is 9.13. The highest BCUT2D eigenvalue weighted by molar-refractivity contribution is 6.74. The van der Waals surface area contributed by atoms with Gasteiger partial charge in [-0.25, -0.2) is 0 Å². The Balaban J connectivity index is 1.62. The average molecular weight is 636 g/mol. The van der Waals surface area contributed by atoms with E-state index in [1.54, 1.807) is 5.06 Å². The first-order valence-electron chi connectivity index (χ1n) is 17.8. The van der Waals surface area contributed by atoms with E-state index < -0.39 is 13.9 Å². The van der Waals surface area contributed by atoms with E-state index in [-0.39, 0.29) is 39.6 Å². The van der Waals surface area contributed by atoms with E-state index in [1.165, 1.54) is 40.7 Å². The van der Waals surface area contributed by atoms with Crippen molar-refractivity contribution in [2.24, 2.45) is 11.3 Å². The molecule has 250 valence electrons. The maximum absolute atomic E-state index is 12.8. The smallest absolute Gasteiger partial charge is 0.192 e. The van der Waals surface area contributed by atoms with E-state index in [1.807, 2.05) is 0 Å². The Morgan fingerprint density at radius 3 is 2.09 bits per heavy atom. The molecule has 1 N–H and O–H groups in total. The number of nitrogens with zero attached hydrogens (tertiary/aromatic N) is 1. The van der Waals surface area contributed by atoms with Crippen LogP contribution in [-0.2, 0) is 19.3 Å². The second-order valence-corrected chi connectivity index (χ2v) is 23.3. The first kappa shape index (κ1) is 33.5. The molecule has 2 aliphatic carbocycles. The van der Waals surface area contributed by atoms with Crippen molar-refractivity contribution >= 4 is 8.32 Å². The number of rotatable bonds is 4. The molecule has 3 aliphatic heterocycles. The first-order valence-corrected chi connectivity index (χ1v) is 20.7. The van der Waals surface area contributed by atoms with Gasteiger partial charge in [-0.3, -0.25) is 10.3 Å². The standard InChI is InChI=1S/C39H61NO4Si/c1-35(2,3)28-16-14-27(15-17-28)34-30-32(39(43-34)20-12-13-21-39)31-29(44-45(10,11)36(4,5)6)24-37(7,8)25-38(31,9)40(41)33(30)26-18-22-42-23-19-26/h14-17,26,29,34,41H,12-13,18-25H2,1-11H3/t29-,34+,38?/m0/s1. The molecule has 1 spiro atoms. The fraction of sp³-hybridized carbons (Fsp3) is 0.744. The summed E-state index contributed by atoms with van der Waals surface area (Å²) in [7, 11) is -2.14. The van der Waals surface area contributed by atoms with Crippen LogP contribution in [0.5, 0.6) is 0 Å². The topological polar surface area (TPSA) is 51.2 Å². The van der Waals surface area contributed by atoms with E-state index in [0.717, 1.165) is 57.4 Å². The van der Waals surface area contributed by atoms with Crippen molar-refractivity contribution in [2.45, 2.75) is 161 Å². The lowest BCUT2D eigenvalue weighted by molar-refractivity contribution is -0.163. The molecule has 5 aliphatic rings. The van der Waals surface area contributed by atoms with E-state index >= 15 is 0 Å². The lowest BCUT2D eigenvalue weighted by Gasteiger charge is -2.58. The third kappa shape index (κ3) is 5.62. The van der Waals surface area contributed by atoms with Crippen molar-refractivity contribution in [2.75, 3.05) is 13.2 Å². The van der Waals surface area contributed by atoms with Gasteiger partial charge >= 0.3 is 0 Å². The van der Waals surface area contributed by atoms with Gasteiger partial charge in [0.05, 0.1) is 22.9 Å². The van der Waals surface area contributed by atoms with Crippen LogP contribution in [0.3, 0.4) is 0 Å².